The normalized spacial score (nSPS) is 10.3. The maximum absolute atomic E-state index is 13.4. The number of hydrogen-bond acceptors (Lipinski definition) is 13. The molecule has 0 fully saturated rings. The van der Waals surface area contributed by atoms with E-state index in [2.05, 4.69) is 49.5 Å². The number of aryl methyl sites for hydroxylation is 9. The first kappa shape index (κ1) is 62.9. The Hall–Kier alpha value is -5.65. The van der Waals surface area contributed by atoms with E-state index in [0.717, 1.165) is 54.8 Å². The van der Waals surface area contributed by atoms with Gasteiger partial charge in [0, 0.05) is 159 Å². The predicted molar refractivity (Wildman–Crippen MR) is 267 cm³/mol. The van der Waals surface area contributed by atoms with Gasteiger partial charge in [-0.05, 0) is 93.0 Å². The molecule has 76 heavy (non-hydrogen) atoms. The number of hydrogen-bond donors (Lipinski definition) is 0. The zero-order valence-electron chi connectivity index (χ0n) is 43.0. The van der Waals surface area contributed by atoms with E-state index in [-0.39, 0.29) is 135 Å². The number of nitriles is 1. The smallest absolute Gasteiger partial charge is 0.368 e. The fourth-order valence-corrected chi connectivity index (χ4v) is 7.33. The Morgan fingerprint density at radius 2 is 0.855 bits per heavy atom. The van der Waals surface area contributed by atoms with Crippen molar-refractivity contribution in [3.05, 3.63) is 207 Å². The monoisotopic (exact) mass is 1270 g/mol. The molecule has 0 spiro atoms. The summed E-state index contributed by atoms with van der Waals surface area (Å²) in [7, 11) is 4.64. The van der Waals surface area contributed by atoms with E-state index < -0.39 is 5.82 Å². The van der Waals surface area contributed by atoms with Gasteiger partial charge in [0.05, 0.1) is 17.1 Å². The van der Waals surface area contributed by atoms with E-state index in [0.29, 0.717) is 44.9 Å². The molecule has 0 saturated carbocycles. The first-order valence-electron chi connectivity index (χ1n) is 22.4. The fourth-order valence-electron chi connectivity index (χ4n) is 7.18. The van der Waals surface area contributed by atoms with Gasteiger partial charge in [-0.25, -0.2) is 18.8 Å². The zero-order valence-corrected chi connectivity index (χ0v) is 52.3. The molecule has 19 nitrogen and oxygen atoms in total. The van der Waals surface area contributed by atoms with Gasteiger partial charge in [0.1, 0.15) is 19.8 Å². The zero-order chi connectivity index (χ0) is 52.5. The standard InChI is InChI=1S/C18H16N5O2.C17H16ClN4O2.C17H16FN4O2.3Y/c1-12-5-4-6-16(23-18(24)22(3)20-21-23)15(12)11-25-17-9-14(10-19)8-7-13(17)2;2*1-11-5-4-6-15(22-17(23)21(3)19-20-22)14(11)10-24-16-9-13(18)8-7-12(16)2;;;/h4-7,9H,11H2,1-3H3;2*4-7,9H,10H2,1-3H3;;;/q3*-1;;;. The van der Waals surface area contributed by atoms with Crippen LogP contribution in [-0.2, 0) is 139 Å². The van der Waals surface area contributed by atoms with Gasteiger partial charge in [-0.15, -0.1) is 47.0 Å². The van der Waals surface area contributed by atoms with E-state index in [1.807, 2.05) is 90.1 Å². The van der Waals surface area contributed by atoms with Crippen molar-refractivity contribution < 1.29 is 117 Å². The van der Waals surface area contributed by atoms with Crippen molar-refractivity contribution in [2.75, 3.05) is 0 Å². The maximum Gasteiger partial charge on any atom is 0.368 e. The number of nitrogens with zero attached hydrogens (tertiary/aromatic N) is 13. The van der Waals surface area contributed by atoms with Crippen LogP contribution in [-0.4, -0.2) is 59.4 Å². The van der Waals surface area contributed by atoms with Crippen LogP contribution in [0.5, 0.6) is 17.2 Å². The molecule has 0 aliphatic rings. The molecule has 0 saturated heterocycles. The van der Waals surface area contributed by atoms with Gasteiger partial charge in [0.15, 0.2) is 0 Å². The number of benzene rings is 6. The Morgan fingerprint density at radius 3 is 1.21 bits per heavy atom. The van der Waals surface area contributed by atoms with Crippen molar-refractivity contribution in [2.24, 2.45) is 21.1 Å². The van der Waals surface area contributed by atoms with Crippen molar-refractivity contribution in [3.8, 4) is 40.4 Å². The average molecular weight is 1270 g/mol. The molecule has 6 aromatic carbocycles. The van der Waals surface area contributed by atoms with Gasteiger partial charge in [-0.3, -0.25) is 5.26 Å². The molecule has 9 aromatic rings. The topological polar surface area (TPSA) is 210 Å². The summed E-state index contributed by atoms with van der Waals surface area (Å²) >= 11 is 5.98. The minimum Gasteiger partial charge on any atom is -0.514 e. The molecule has 0 bridgehead atoms. The molecule has 3 heterocycles. The number of halogens is 2. The van der Waals surface area contributed by atoms with Crippen LogP contribution in [0.3, 0.4) is 0 Å². The van der Waals surface area contributed by atoms with Crippen molar-refractivity contribution in [1.29, 1.82) is 5.26 Å². The Morgan fingerprint density at radius 1 is 0.513 bits per heavy atom. The fraction of sp³-hybridized carbons (Fsp3) is 0.231. The van der Waals surface area contributed by atoms with Crippen molar-refractivity contribution in [3.63, 3.8) is 0 Å². The van der Waals surface area contributed by atoms with Gasteiger partial charge < -0.3 is 14.2 Å². The Kier molecular flexibility index (Phi) is 23.7. The van der Waals surface area contributed by atoms with Crippen LogP contribution < -0.4 is 31.3 Å². The third-order valence-electron chi connectivity index (χ3n) is 11.5. The molecule has 0 aliphatic carbocycles. The molecular weight excluding hydrogens is 1220 g/mol. The molecule has 0 unspecified atom stereocenters. The summed E-state index contributed by atoms with van der Waals surface area (Å²) in [5.41, 5.74) is 9.27. The molecule has 0 N–H and O–H groups in total. The van der Waals surface area contributed by atoms with Crippen LogP contribution in [0.4, 0.5) is 4.39 Å². The summed E-state index contributed by atoms with van der Waals surface area (Å²) in [5, 5.41) is 32.4. The van der Waals surface area contributed by atoms with E-state index >= 15 is 0 Å². The molecule has 0 atom stereocenters. The molecule has 24 heteroatoms. The molecule has 3 radical (unpaired) electrons. The summed E-state index contributed by atoms with van der Waals surface area (Å²) in [6, 6.07) is 36.8. The second-order valence-corrected chi connectivity index (χ2v) is 17.0. The Balaban J connectivity index is 0.000000242. The third-order valence-corrected chi connectivity index (χ3v) is 11.7. The average Bonchev–Trinajstić information content (AvgIpc) is 4.02. The largest absolute Gasteiger partial charge is 0.514 e. The minimum absolute atomic E-state index is 0. The third kappa shape index (κ3) is 15.1. The molecule has 3 aromatic heterocycles. The summed E-state index contributed by atoms with van der Waals surface area (Å²) in [4.78, 5) is 36.4. The van der Waals surface area contributed by atoms with Gasteiger partial charge in [0.2, 0.25) is 0 Å². The summed E-state index contributed by atoms with van der Waals surface area (Å²) in [6.07, 6.45) is 0. The van der Waals surface area contributed by atoms with Crippen LogP contribution in [0.2, 0.25) is 5.02 Å². The number of aromatic nitrogens is 12. The first-order chi connectivity index (χ1) is 34.9. The predicted octanol–water partition coefficient (Wildman–Crippen LogP) is 6.54. The molecule has 0 aliphatic heterocycles. The summed E-state index contributed by atoms with van der Waals surface area (Å²) in [6.45, 7) is 12.1. The number of tetrazole rings is 3. The molecule has 383 valence electrons. The second-order valence-electron chi connectivity index (χ2n) is 16.6. The van der Waals surface area contributed by atoms with E-state index in [9.17, 15) is 18.8 Å². The van der Waals surface area contributed by atoms with Crippen LogP contribution >= 0.6 is 11.6 Å². The van der Waals surface area contributed by atoms with E-state index in [4.69, 9.17) is 31.1 Å². The summed E-state index contributed by atoms with van der Waals surface area (Å²) in [5.74, 6) is 1.24. The van der Waals surface area contributed by atoms with Crippen LogP contribution in [0.25, 0.3) is 17.1 Å². The Bertz CT molecular complexity index is 3540. The SMILES string of the molecule is Cc1c[c-]c(C#N)cc1OCc1c(C)cccc1-n1nnn(C)c1=O.Cc1c[c-]c(Cl)cc1OCc1c(C)cccc1-n1nnn(C)c1=O.Cc1c[c-]c(F)cc1OCc1c(C)cccc1-n1nnn(C)c1=O.[Y].[Y].[Y]. The Labute approximate surface area is 517 Å². The van der Waals surface area contributed by atoms with Gasteiger partial charge >= 0.3 is 17.1 Å². The first-order valence-corrected chi connectivity index (χ1v) is 22.7. The molecule has 0 amide bonds. The van der Waals surface area contributed by atoms with E-state index in [1.54, 1.807) is 50.5 Å². The van der Waals surface area contributed by atoms with Gasteiger partial charge in [-0.1, -0.05) is 85.5 Å². The van der Waals surface area contributed by atoms with Crippen LogP contribution in [0, 0.1) is 76.9 Å². The second kappa shape index (κ2) is 28.6. The van der Waals surface area contributed by atoms with Crippen LogP contribution in [0.1, 0.15) is 55.6 Å². The van der Waals surface area contributed by atoms with Gasteiger partial charge in [-0.2, -0.15) is 46.3 Å². The molecule has 9 rings (SSSR count). The van der Waals surface area contributed by atoms with E-state index in [1.165, 1.54) is 42.6 Å². The van der Waals surface area contributed by atoms with Crippen molar-refractivity contribution in [1.82, 2.24) is 59.4 Å². The quantitative estimate of drug-likeness (QED) is 0.119. The maximum atomic E-state index is 13.4. The van der Waals surface area contributed by atoms with Crippen molar-refractivity contribution >= 4 is 11.6 Å². The minimum atomic E-state index is -0.481. The number of ether oxygens (including phenoxy) is 3. The van der Waals surface area contributed by atoms with Crippen LogP contribution in [0.15, 0.2) is 105 Å². The molecular formula is C52H48ClFN13O6Y3-3. The number of rotatable bonds is 12. The van der Waals surface area contributed by atoms with Gasteiger partial charge in [0.25, 0.3) is 0 Å². The summed E-state index contributed by atoms with van der Waals surface area (Å²) < 4.78 is 38.2. The van der Waals surface area contributed by atoms with Crippen molar-refractivity contribution in [2.45, 2.75) is 61.4 Å².